The lowest BCUT2D eigenvalue weighted by Crippen LogP contribution is -2.41. The van der Waals surface area contributed by atoms with Gasteiger partial charge in [-0.2, -0.15) is 0 Å². The van der Waals surface area contributed by atoms with Gasteiger partial charge in [-0.05, 0) is 30.4 Å². The summed E-state index contributed by atoms with van der Waals surface area (Å²) in [5.74, 6) is -1.47. The van der Waals surface area contributed by atoms with Crippen LogP contribution in [0.3, 0.4) is 0 Å². The maximum atomic E-state index is 12.4. The second kappa shape index (κ2) is 15.0. The molecule has 0 heterocycles. The Morgan fingerprint density at radius 2 is 1.32 bits per heavy atom. The van der Waals surface area contributed by atoms with E-state index in [1.54, 1.807) is 12.1 Å². The summed E-state index contributed by atoms with van der Waals surface area (Å²) in [6.07, 6.45) is -0.445. The van der Waals surface area contributed by atoms with E-state index in [9.17, 15) is 19.2 Å². The summed E-state index contributed by atoms with van der Waals surface area (Å²) in [6.45, 7) is 0.557. The number of benzene rings is 2. The van der Waals surface area contributed by atoms with E-state index in [-0.39, 0.29) is 31.8 Å². The normalized spacial score (nSPS) is 11.2. The summed E-state index contributed by atoms with van der Waals surface area (Å²) in [7, 11) is 0. The third-order valence-corrected chi connectivity index (χ3v) is 4.88. The summed E-state index contributed by atoms with van der Waals surface area (Å²) in [5, 5.41) is 14.0. The van der Waals surface area contributed by atoms with Gasteiger partial charge in [0.15, 0.2) is 5.78 Å². The molecule has 9 heteroatoms. The van der Waals surface area contributed by atoms with Crippen molar-refractivity contribution in [3.05, 3.63) is 71.8 Å². The molecule has 3 N–H and O–H groups in total. The molecule has 2 aromatic rings. The highest BCUT2D eigenvalue weighted by molar-refractivity contribution is 5.89. The molecule has 0 bridgehead atoms. The van der Waals surface area contributed by atoms with E-state index in [0.717, 1.165) is 11.1 Å². The molecule has 0 aliphatic carbocycles. The fraction of sp³-hybridized carbons (Fsp3) is 0.360. The number of hydrogen-bond donors (Lipinski definition) is 3. The molecule has 2 aromatic carbocycles. The van der Waals surface area contributed by atoms with Crippen molar-refractivity contribution in [2.75, 3.05) is 6.54 Å². The lowest BCUT2D eigenvalue weighted by atomic mass is 10.0. The van der Waals surface area contributed by atoms with E-state index < -0.39 is 24.2 Å². The second-order valence-electron chi connectivity index (χ2n) is 7.60. The smallest absolute Gasteiger partial charge is 0.408 e. The van der Waals surface area contributed by atoms with Gasteiger partial charge in [-0.1, -0.05) is 60.7 Å². The SMILES string of the molecule is O=C(O)CCC(=O)[C@H](CCCCNC(=O)OCc1ccccc1)NC(=O)OCc1ccccc1. The Kier molecular flexibility index (Phi) is 11.7. The maximum Gasteiger partial charge on any atom is 0.408 e. The van der Waals surface area contributed by atoms with Crippen molar-refractivity contribution in [1.82, 2.24) is 10.6 Å². The number of alkyl carbamates (subject to hydrolysis) is 2. The van der Waals surface area contributed by atoms with Gasteiger partial charge in [0, 0.05) is 13.0 Å². The van der Waals surface area contributed by atoms with Crippen LogP contribution in [0.25, 0.3) is 0 Å². The molecule has 0 aromatic heterocycles. The zero-order valence-corrected chi connectivity index (χ0v) is 18.9. The van der Waals surface area contributed by atoms with Crippen LogP contribution < -0.4 is 10.6 Å². The van der Waals surface area contributed by atoms with Gasteiger partial charge in [0.2, 0.25) is 0 Å². The van der Waals surface area contributed by atoms with Crippen molar-refractivity contribution in [2.45, 2.75) is 51.4 Å². The van der Waals surface area contributed by atoms with Gasteiger partial charge in [-0.25, -0.2) is 9.59 Å². The van der Waals surface area contributed by atoms with Crippen molar-refractivity contribution in [2.24, 2.45) is 0 Å². The largest absolute Gasteiger partial charge is 0.481 e. The minimum Gasteiger partial charge on any atom is -0.481 e. The quantitative estimate of drug-likeness (QED) is 0.358. The van der Waals surface area contributed by atoms with Crippen LogP contribution in [0.5, 0.6) is 0 Å². The van der Waals surface area contributed by atoms with Crippen LogP contribution in [0.4, 0.5) is 9.59 Å². The number of hydrogen-bond acceptors (Lipinski definition) is 6. The number of carboxylic acids is 1. The molecule has 2 amide bonds. The Morgan fingerprint density at radius 3 is 1.88 bits per heavy atom. The number of ether oxygens (including phenoxy) is 2. The number of aliphatic carboxylic acids is 1. The number of carbonyl (C=O) groups excluding carboxylic acids is 3. The van der Waals surface area contributed by atoms with Gasteiger partial charge in [-0.15, -0.1) is 0 Å². The molecule has 0 aliphatic heterocycles. The summed E-state index contributed by atoms with van der Waals surface area (Å²) < 4.78 is 10.3. The van der Waals surface area contributed by atoms with Crippen LogP contribution in [0.1, 0.15) is 43.2 Å². The minimum absolute atomic E-state index is 0.0533. The molecular weight excluding hydrogens is 440 g/mol. The Labute approximate surface area is 198 Å². The number of carboxylic acid groups (broad SMARTS) is 1. The fourth-order valence-electron chi connectivity index (χ4n) is 3.06. The summed E-state index contributed by atoms with van der Waals surface area (Å²) in [4.78, 5) is 47.2. The molecule has 182 valence electrons. The zero-order chi connectivity index (χ0) is 24.6. The van der Waals surface area contributed by atoms with E-state index in [0.29, 0.717) is 25.8 Å². The lowest BCUT2D eigenvalue weighted by Gasteiger charge is -2.17. The third-order valence-electron chi connectivity index (χ3n) is 4.88. The van der Waals surface area contributed by atoms with Crippen LogP contribution in [-0.4, -0.2) is 41.6 Å². The first kappa shape index (κ1) is 26.4. The number of amides is 2. The molecular formula is C25H30N2O7. The molecule has 34 heavy (non-hydrogen) atoms. The average molecular weight is 471 g/mol. The van der Waals surface area contributed by atoms with Crippen molar-refractivity contribution in [1.29, 1.82) is 0 Å². The van der Waals surface area contributed by atoms with Crippen LogP contribution in [-0.2, 0) is 32.3 Å². The van der Waals surface area contributed by atoms with Crippen LogP contribution in [0.15, 0.2) is 60.7 Å². The molecule has 0 fully saturated rings. The van der Waals surface area contributed by atoms with E-state index in [1.165, 1.54) is 0 Å². The molecule has 9 nitrogen and oxygen atoms in total. The topological polar surface area (TPSA) is 131 Å². The molecule has 1 atom stereocenters. The Bertz CT molecular complexity index is 919. The number of ketones is 1. The highest BCUT2D eigenvalue weighted by atomic mass is 16.6. The van der Waals surface area contributed by atoms with Crippen LogP contribution >= 0.6 is 0 Å². The van der Waals surface area contributed by atoms with Crippen molar-refractivity contribution < 1.29 is 33.8 Å². The zero-order valence-electron chi connectivity index (χ0n) is 18.9. The molecule has 0 saturated carbocycles. The number of unbranched alkanes of at least 4 members (excludes halogenated alkanes) is 1. The monoisotopic (exact) mass is 470 g/mol. The predicted molar refractivity (Wildman–Crippen MR) is 124 cm³/mol. The molecule has 0 unspecified atom stereocenters. The van der Waals surface area contributed by atoms with Gasteiger partial charge in [-0.3, -0.25) is 9.59 Å². The number of nitrogens with one attached hydrogen (secondary N) is 2. The number of rotatable bonds is 14. The lowest BCUT2D eigenvalue weighted by molar-refractivity contribution is -0.138. The summed E-state index contributed by atoms with van der Waals surface area (Å²) >= 11 is 0. The van der Waals surface area contributed by atoms with Crippen LogP contribution in [0.2, 0.25) is 0 Å². The van der Waals surface area contributed by atoms with Gasteiger partial charge >= 0.3 is 18.2 Å². The van der Waals surface area contributed by atoms with E-state index in [1.807, 2.05) is 48.5 Å². The Balaban J connectivity index is 1.72. The third kappa shape index (κ3) is 11.1. The van der Waals surface area contributed by atoms with Gasteiger partial charge in [0.25, 0.3) is 0 Å². The van der Waals surface area contributed by atoms with Gasteiger partial charge < -0.3 is 25.2 Å². The predicted octanol–water partition coefficient (Wildman–Crippen LogP) is 3.81. The summed E-state index contributed by atoms with van der Waals surface area (Å²) in [5.41, 5.74) is 1.68. The van der Waals surface area contributed by atoms with Crippen molar-refractivity contribution >= 4 is 23.9 Å². The number of Topliss-reactive ketones (excluding diaryl/α,β-unsaturated/α-hetero) is 1. The first-order valence-electron chi connectivity index (χ1n) is 11.1. The molecule has 0 saturated heterocycles. The van der Waals surface area contributed by atoms with E-state index in [2.05, 4.69) is 10.6 Å². The molecule has 2 rings (SSSR count). The van der Waals surface area contributed by atoms with E-state index >= 15 is 0 Å². The summed E-state index contributed by atoms with van der Waals surface area (Å²) in [6, 6.07) is 17.5. The molecule has 0 radical (unpaired) electrons. The first-order valence-corrected chi connectivity index (χ1v) is 11.1. The van der Waals surface area contributed by atoms with E-state index in [4.69, 9.17) is 14.6 Å². The Morgan fingerprint density at radius 1 is 0.765 bits per heavy atom. The Hall–Kier alpha value is -3.88. The fourth-order valence-corrected chi connectivity index (χ4v) is 3.06. The number of carbonyl (C=O) groups is 4. The van der Waals surface area contributed by atoms with Gasteiger partial charge in [0.05, 0.1) is 12.5 Å². The van der Waals surface area contributed by atoms with Crippen molar-refractivity contribution in [3.63, 3.8) is 0 Å². The first-order chi connectivity index (χ1) is 16.4. The highest BCUT2D eigenvalue weighted by Gasteiger charge is 2.21. The standard InChI is InChI=1S/C25H30N2O7/c28-22(14-15-23(29)30)21(27-25(32)34-18-20-11-5-2-6-12-20)13-7-8-16-26-24(31)33-17-19-9-3-1-4-10-19/h1-6,9-12,21H,7-8,13-18H2,(H,26,31)(H,27,32)(H,29,30)/t21-/m0/s1. The molecule has 0 aliphatic rings. The molecule has 0 spiro atoms. The van der Waals surface area contributed by atoms with Crippen LogP contribution in [0, 0.1) is 0 Å². The van der Waals surface area contributed by atoms with Crippen molar-refractivity contribution in [3.8, 4) is 0 Å². The second-order valence-corrected chi connectivity index (χ2v) is 7.60. The highest BCUT2D eigenvalue weighted by Crippen LogP contribution is 2.08. The van der Waals surface area contributed by atoms with Gasteiger partial charge in [0.1, 0.15) is 13.2 Å². The minimum atomic E-state index is -1.09. The average Bonchev–Trinajstić information content (AvgIpc) is 2.85. The maximum absolute atomic E-state index is 12.4.